The van der Waals surface area contributed by atoms with Gasteiger partial charge in [0.2, 0.25) is 5.91 Å². The van der Waals surface area contributed by atoms with Crippen LogP contribution in [0.1, 0.15) is 20.3 Å². The summed E-state index contributed by atoms with van der Waals surface area (Å²) in [7, 11) is 0. The lowest BCUT2D eigenvalue weighted by molar-refractivity contribution is -0.132. The molecule has 18 heavy (non-hydrogen) atoms. The monoisotopic (exact) mass is 271 g/mol. The van der Waals surface area contributed by atoms with Crippen LogP contribution in [0.5, 0.6) is 0 Å². The number of hydrogen-bond donors (Lipinski definition) is 1. The quantitative estimate of drug-likeness (QED) is 0.817. The lowest BCUT2D eigenvalue weighted by Gasteiger charge is -2.37. The molecule has 104 valence electrons. The van der Waals surface area contributed by atoms with E-state index in [0.29, 0.717) is 17.1 Å². The van der Waals surface area contributed by atoms with Gasteiger partial charge in [-0.3, -0.25) is 4.79 Å². The zero-order valence-corrected chi connectivity index (χ0v) is 12.4. The van der Waals surface area contributed by atoms with Crippen LogP contribution in [0.4, 0.5) is 0 Å². The van der Waals surface area contributed by atoms with Crippen molar-refractivity contribution in [2.75, 3.05) is 51.6 Å². The third-order valence-corrected chi connectivity index (χ3v) is 4.91. The van der Waals surface area contributed by atoms with Gasteiger partial charge < -0.3 is 15.1 Å². The fraction of sp³-hybridized carbons (Fsp3) is 0.923. The average molecular weight is 271 g/mol. The Bertz CT molecular complexity index is 290. The number of carbonyl (C=O) groups excluding carboxylic acids is 1. The fourth-order valence-corrected chi connectivity index (χ4v) is 3.81. The van der Waals surface area contributed by atoms with Crippen molar-refractivity contribution in [2.45, 2.75) is 25.0 Å². The molecule has 1 amide bonds. The molecule has 0 spiro atoms. The molecule has 2 heterocycles. The smallest absolute Gasteiger partial charge is 0.223 e. The van der Waals surface area contributed by atoms with Crippen LogP contribution in [0.25, 0.3) is 0 Å². The Labute approximate surface area is 114 Å². The summed E-state index contributed by atoms with van der Waals surface area (Å²) in [4.78, 5) is 16.5. The summed E-state index contributed by atoms with van der Waals surface area (Å²) in [5.74, 6) is 1.52. The van der Waals surface area contributed by atoms with Gasteiger partial charge in [-0.15, -0.1) is 0 Å². The molecule has 2 aliphatic heterocycles. The molecule has 2 rings (SSSR count). The molecule has 0 saturated carbocycles. The molecule has 0 aromatic rings. The Kier molecular flexibility index (Phi) is 4.92. The number of carbonyl (C=O) groups is 1. The highest BCUT2D eigenvalue weighted by atomic mass is 32.2. The molecule has 0 bridgehead atoms. The van der Waals surface area contributed by atoms with Crippen LogP contribution in [0.15, 0.2) is 0 Å². The first-order valence-corrected chi connectivity index (χ1v) is 7.90. The van der Waals surface area contributed by atoms with Crippen molar-refractivity contribution in [3.05, 3.63) is 0 Å². The molecule has 2 fully saturated rings. The number of nitrogens with one attached hydrogen (secondary N) is 1. The van der Waals surface area contributed by atoms with E-state index in [0.717, 1.165) is 45.8 Å². The maximum Gasteiger partial charge on any atom is 0.223 e. The first kappa shape index (κ1) is 14.2. The number of thioether (sulfide) groups is 1. The SMILES string of the molecule is CC1(C)CN(CCC(=O)N2CCNCC2)CCS1. The Balaban J connectivity index is 1.72. The van der Waals surface area contributed by atoms with Crippen molar-refractivity contribution in [3.63, 3.8) is 0 Å². The Hall–Kier alpha value is -0.260. The molecular formula is C13H25N3OS. The second-order valence-corrected chi connectivity index (χ2v) is 7.57. The summed E-state index contributed by atoms with van der Waals surface area (Å²) in [6, 6.07) is 0. The molecular weight excluding hydrogens is 246 g/mol. The highest BCUT2D eigenvalue weighted by molar-refractivity contribution is 8.00. The number of hydrogen-bond acceptors (Lipinski definition) is 4. The van der Waals surface area contributed by atoms with Crippen LogP contribution in [-0.2, 0) is 4.79 Å². The summed E-state index contributed by atoms with van der Waals surface area (Å²) in [5, 5.41) is 3.28. The van der Waals surface area contributed by atoms with Gasteiger partial charge in [-0.1, -0.05) is 0 Å². The molecule has 0 unspecified atom stereocenters. The van der Waals surface area contributed by atoms with Crippen LogP contribution in [0.3, 0.4) is 0 Å². The third kappa shape index (κ3) is 4.14. The van der Waals surface area contributed by atoms with E-state index < -0.39 is 0 Å². The number of amides is 1. The van der Waals surface area contributed by atoms with E-state index in [1.165, 1.54) is 5.75 Å². The van der Waals surface area contributed by atoms with Gasteiger partial charge in [-0.2, -0.15) is 11.8 Å². The third-order valence-electron chi connectivity index (χ3n) is 3.62. The topological polar surface area (TPSA) is 35.6 Å². The molecule has 5 heteroatoms. The van der Waals surface area contributed by atoms with Gasteiger partial charge in [0, 0.05) is 62.7 Å². The predicted octanol–water partition coefficient (Wildman–Crippen LogP) is 0.636. The summed E-state index contributed by atoms with van der Waals surface area (Å²) in [6.45, 7) is 11.4. The standard InChI is InChI=1S/C13H25N3OS/c1-13(2)11-15(9-10-18-13)6-3-12(17)16-7-4-14-5-8-16/h14H,3-11H2,1-2H3. The number of piperazine rings is 1. The van der Waals surface area contributed by atoms with E-state index in [4.69, 9.17) is 0 Å². The van der Waals surface area contributed by atoms with Crippen LogP contribution in [-0.4, -0.2) is 72.0 Å². The zero-order valence-electron chi connectivity index (χ0n) is 11.6. The summed E-state index contributed by atoms with van der Waals surface area (Å²) in [5.41, 5.74) is 0. The molecule has 0 radical (unpaired) electrons. The van der Waals surface area contributed by atoms with Gasteiger partial charge in [0.15, 0.2) is 0 Å². The van der Waals surface area contributed by atoms with Crippen LogP contribution >= 0.6 is 11.8 Å². The van der Waals surface area contributed by atoms with Crippen molar-refractivity contribution in [2.24, 2.45) is 0 Å². The van der Waals surface area contributed by atoms with Crippen LogP contribution in [0, 0.1) is 0 Å². The second kappa shape index (κ2) is 6.26. The Morgan fingerprint density at radius 2 is 2.00 bits per heavy atom. The van der Waals surface area contributed by atoms with Crippen molar-refractivity contribution < 1.29 is 4.79 Å². The first-order valence-electron chi connectivity index (χ1n) is 6.92. The van der Waals surface area contributed by atoms with E-state index in [1.807, 2.05) is 16.7 Å². The van der Waals surface area contributed by atoms with Crippen molar-refractivity contribution >= 4 is 17.7 Å². The minimum absolute atomic E-state index is 0.326. The highest BCUT2D eigenvalue weighted by Gasteiger charge is 2.27. The lowest BCUT2D eigenvalue weighted by Crippen LogP contribution is -2.48. The van der Waals surface area contributed by atoms with E-state index in [2.05, 4.69) is 24.1 Å². The van der Waals surface area contributed by atoms with Gasteiger partial charge in [0.1, 0.15) is 0 Å². The van der Waals surface area contributed by atoms with Gasteiger partial charge in [-0.05, 0) is 13.8 Å². The molecule has 0 aliphatic carbocycles. The molecule has 4 nitrogen and oxygen atoms in total. The predicted molar refractivity (Wildman–Crippen MR) is 77.0 cm³/mol. The van der Waals surface area contributed by atoms with Gasteiger partial charge in [0.05, 0.1) is 0 Å². The average Bonchev–Trinajstić information content (AvgIpc) is 2.36. The Morgan fingerprint density at radius 3 is 2.67 bits per heavy atom. The van der Waals surface area contributed by atoms with Gasteiger partial charge in [0.25, 0.3) is 0 Å². The summed E-state index contributed by atoms with van der Waals surface area (Å²) in [6.07, 6.45) is 0.681. The molecule has 1 N–H and O–H groups in total. The minimum atomic E-state index is 0.326. The summed E-state index contributed by atoms with van der Waals surface area (Å²) >= 11 is 2.04. The van der Waals surface area contributed by atoms with Crippen molar-refractivity contribution in [3.8, 4) is 0 Å². The number of nitrogens with zero attached hydrogens (tertiary/aromatic N) is 2. The van der Waals surface area contributed by atoms with E-state index in [-0.39, 0.29) is 0 Å². The maximum atomic E-state index is 12.1. The van der Waals surface area contributed by atoms with E-state index >= 15 is 0 Å². The molecule has 0 atom stereocenters. The molecule has 2 saturated heterocycles. The van der Waals surface area contributed by atoms with Gasteiger partial charge >= 0.3 is 0 Å². The second-order valence-electron chi connectivity index (χ2n) is 5.77. The highest BCUT2D eigenvalue weighted by Crippen LogP contribution is 2.29. The lowest BCUT2D eigenvalue weighted by atomic mass is 10.1. The molecule has 2 aliphatic rings. The zero-order chi connectivity index (χ0) is 13.0. The fourth-order valence-electron chi connectivity index (χ4n) is 2.63. The van der Waals surface area contributed by atoms with Crippen LogP contribution in [0.2, 0.25) is 0 Å². The Morgan fingerprint density at radius 1 is 1.28 bits per heavy atom. The van der Waals surface area contributed by atoms with Crippen molar-refractivity contribution in [1.82, 2.24) is 15.1 Å². The first-order chi connectivity index (χ1) is 8.57. The largest absolute Gasteiger partial charge is 0.340 e. The van der Waals surface area contributed by atoms with Gasteiger partial charge in [-0.25, -0.2) is 0 Å². The van der Waals surface area contributed by atoms with E-state index in [1.54, 1.807) is 0 Å². The van der Waals surface area contributed by atoms with Crippen LogP contribution < -0.4 is 5.32 Å². The minimum Gasteiger partial charge on any atom is -0.340 e. The molecule has 0 aromatic heterocycles. The number of rotatable bonds is 3. The molecule has 0 aromatic carbocycles. The normalized spacial score (nSPS) is 25.1. The maximum absolute atomic E-state index is 12.1. The van der Waals surface area contributed by atoms with Crippen molar-refractivity contribution in [1.29, 1.82) is 0 Å². The summed E-state index contributed by atoms with van der Waals surface area (Å²) < 4.78 is 0.344. The van der Waals surface area contributed by atoms with E-state index in [9.17, 15) is 4.79 Å².